The highest BCUT2D eigenvalue weighted by Crippen LogP contribution is 2.29. The first-order valence-corrected chi connectivity index (χ1v) is 11.7. The molecule has 0 aliphatic carbocycles. The molecular weight excluding hydrogens is 430 g/mol. The van der Waals surface area contributed by atoms with E-state index in [1.165, 1.54) is 5.56 Å². The molecule has 5 rings (SSSR count). The summed E-state index contributed by atoms with van der Waals surface area (Å²) in [6, 6.07) is 14.1. The molecule has 176 valence electrons. The van der Waals surface area contributed by atoms with Crippen molar-refractivity contribution in [3.63, 3.8) is 0 Å². The molecule has 0 bridgehead atoms. The smallest absolute Gasteiger partial charge is 0.228 e. The second kappa shape index (κ2) is 8.93. The molecule has 8 nitrogen and oxygen atoms in total. The van der Waals surface area contributed by atoms with Gasteiger partial charge in [-0.05, 0) is 61.4 Å². The van der Waals surface area contributed by atoms with E-state index in [1.54, 1.807) is 11.8 Å². The molecule has 1 aromatic heterocycles. The lowest BCUT2D eigenvalue weighted by Gasteiger charge is -2.37. The Balaban J connectivity index is 1.18. The number of aromatic nitrogens is 2. The number of anilines is 2. The standard InChI is InChI=1S/C26H29N5O3/c1-17-4-7-23(14-18(17)2)31-16-21(15-24(31)32)26(33)30-12-10-29(11-13-30)22-8-5-20(6-9-22)25-27-19(3)34-28-25/h4-9,14,21H,10-13,15-16H2,1-3H3/t21-/m0/s1. The molecule has 2 aromatic carbocycles. The number of amides is 2. The van der Waals surface area contributed by atoms with Crippen molar-refractivity contribution in [2.75, 3.05) is 42.5 Å². The SMILES string of the molecule is Cc1nc(-c2ccc(N3CCN(C(=O)[C@H]4CC(=O)N(c5ccc(C)c(C)c5)C4)CC3)cc2)no1. The Morgan fingerprint density at radius 1 is 0.941 bits per heavy atom. The predicted molar refractivity (Wildman–Crippen MR) is 130 cm³/mol. The van der Waals surface area contributed by atoms with E-state index in [0.717, 1.165) is 35.6 Å². The average Bonchev–Trinajstić information content (AvgIpc) is 3.46. The maximum atomic E-state index is 13.2. The van der Waals surface area contributed by atoms with Gasteiger partial charge in [0.25, 0.3) is 0 Å². The number of hydrogen-bond acceptors (Lipinski definition) is 6. The van der Waals surface area contributed by atoms with Crippen LogP contribution in [0.15, 0.2) is 47.0 Å². The molecule has 0 unspecified atom stereocenters. The number of carbonyl (C=O) groups excluding carboxylic acids is 2. The van der Waals surface area contributed by atoms with E-state index in [2.05, 4.69) is 34.1 Å². The van der Waals surface area contributed by atoms with E-state index in [9.17, 15) is 9.59 Å². The van der Waals surface area contributed by atoms with Crippen molar-refractivity contribution < 1.29 is 14.1 Å². The molecule has 2 aliphatic rings. The van der Waals surface area contributed by atoms with Gasteiger partial charge in [-0.3, -0.25) is 9.59 Å². The van der Waals surface area contributed by atoms with Crippen molar-refractivity contribution in [1.82, 2.24) is 15.0 Å². The average molecular weight is 460 g/mol. The number of carbonyl (C=O) groups is 2. The Hall–Kier alpha value is -3.68. The quantitative estimate of drug-likeness (QED) is 0.595. The third-order valence-corrected chi connectivity index (χ3v) is 6.89. The van der Waals surface area contributed by atoms with Crippen molar-refractivity contribution >= 4 is 23.2 Å². The van der Waals surface area contributed by atoms with Gasteiger partial charge in [0.15, 0.2) is 0 Å². The highest BCUT2D eigenvalue weighted by atomic mass is 16.5. The number of rotatable bonds is 4. The van der Waals surface area contributed by atoms with Gasteiger partial charge < -0.3 is 19.2 Å². The summed E-state index contributed by atoms with van der Waals surface area (Å²) < 4.78 is 5.06. The van der Waals surface area contributed by atoms with Gasteiger partial charge in [0.05, 0.1) is 5.92 Å². The molecule has 2 aliphatic heterocycles. The van der Waals surface area contributed by atoms with Crippen LogP contribution in [0, 0.1) is 26.7 Å². The van der Waals surface area contributed by atoms with Gasteiger partial charge in [0.2, 0.25) is 23.5 Å². The minimum atomic E-state index is -0.279. The Kier molecular flexibility index (Phi) is 5.81. The first kappa shape index (κ1) is 22.1. The highest BCUT2D eigenvalue weighted by molar-refractivity contribution is 6.00. The molecule has 2 saturated heterocycles. The maximum absolute atomic E-state index is 13.2. The molecule has 2 amide bonds. The van der Waals surface area contributed by atoms with Crippen LogP contribution in [0.4, 0.5) is 11.4 Å². The van der Waals surface area contributed by atoms with Crippen LogP contribution in [-0.2, 0) is 9.59 Å². The zero-order valence-electron chi connectivity index (χ0n) is 19.8. The molecule has 0 saturated carbocycles. The van der Waals surface area contributed by atoms with Crippen LogP contribution in [-0.4, -0.2) is 59.6 Å². The summed E-state index contributed by atoms with van der Waals surface area (Å²) in [5, 5.41) is 3.96. The third-order valence-electron chi connectivity index (χ3n) is 6.89. The van der Waals surface area contributed by atoms with Gasteiger partial charge in [0.1, 0.15) is 0 Å². The summed E-state index contributed by atoms with van der Waals surface area (Å²) in [4.78, 5) is 36.1. The van der Waals surface area contributed by atoms with Crippen molar-refractivity contribution in [3.05, 3.63) is 59.5 Å². The fourth-order valence-corrected chi connectivity index (χ4v) is 4.70. The number of nitrogens with zero attached hydrogens (tertiary/aromatic N) is 5. The Morgan fingerprint density at radius 2 is 1.65 bits per heavy atom. The molecular formula is C26H29N5O3. The molecule has 3 aromatic rings. The van der Waals surface area contributed by atoms with E-state index in [-0.39, 0.29) is 24.2 Å². The monoisotopic (exact) mass is 459 g/mol. The van der Waals surface area contributed by atoms with Gasteiger partial charge in [0, 0.05) is 63.0 Å². The molecule has 2 fully saturated rings. The lowest BCUT2D eigenvalue weighted by Crippen LogP contribution is -2.50. The number of hydrogen-bond donors (Lipinski definition) is 0. The van der Waals surface area contributed by atoms with E-state index in [1.807, 2.05) is 42.2 Å². The molecule has 0 radical (unpaired) electrons. The normalized spacial score (nSPS) is 18.6. The van der Waals surface area contributed by atoms with Gasteiger partial charge in [-0.15, -0.1) is 0 Å². The van der Waals surface area contributed by atoms with Gasteiger partial charge in [-0.25, -0.2) is 0 Å². The minimum absolute atomic E-state index is 0.0251. The third kappa shape index (κ3) is 4.27. The van der Waals surface area contributed by atoms with E-state index < -0.39 is 0 Å². The predicted octanol–water partition coefficient (Wildman–Crippen LogP) is 3.36. The largest absolute Gasteiger partial charge is 0.368 e. The van der Waals surface area contributed by atoms with E-state index in [4.69, 9.17) is 4.52 Å². The van der Waals surface area contributed by atoms with Gasteiger partial charge >= 0.3 is 0 Å². The fraction of sp³-hybridized carbons (Fsp3) is 0.385. The van der Waals surface area contributed by atoms with E-state index in [0.29, 0.717) is 31.3 Å². The summed E-state index contributed by atoms with van der Waals surface area (Å²) in [6.07, 6.45) is 0.281. The Bertz CT molecular complexity index is 1210. The minimum Gasteiger partial charge on any atom is -0.368 e. The summed E-state index contributed by atoms with van der Waals surface area (Å²) in [6.45, 7) is 9.15. The molecule has 8 heteroatoms. The second-order valence-electron chi connectivity index (χ2n) is 9.17. The second-order valence-corrected chi connectivity index (χ2v) is 9.17. The summed E-state index contributed by atoms with van der Waals surface area (Å²) in [5.41, 5.74) is 5.24. The zero-order chi connectivity index (χ0) is 23.8. The van der Waals surface area contributed by atoms with Crippen LogP contribution in [0.1, 0.15) is 23.4 Å². The maximum Gasteiger partial charge on any atom is 0.228 e. The first-order valence-electron chi connectivity index (χ1n) is 11.7. The van der Waals surface area contributed by atoms with Crippen molar-refractivity contribution in [2.45, 2.75) is 27.2 Å². The fourth-order valence-electron chi connectivity index (χ4n) is 4.70. The Labute approximate surface area is 199 Å². The topological polar surface area (TPSA) is 82.8 Å². The van der Waals surface area contributed by atoms with Gasteiger partial charge in [-0.2, -0.15) is 4.98 Å². The lowest BCUT2D eigenvalue weighted by molar-refractivity contribution is -0.136. The van der Waals surface area contributed by atoms with Crippen molar-refractivity contribution in [2.24, 2.45) is 5.92 Å². The number of benzene rings is 2. The van der Waals surface area contributed by atoms with Crippen LogP contribution < -0.4 is 9.80 Å². The lowest BCUT2D eigenvalue weighted by atomic mass is 10.1. The molecule has 34 heavy (non-hydrogen) atoms. The Morgan fingerprint density at radius 3 is 2.29 bits per heavy atom. The van der Waals surface area contributed by atoms with Crippen LogP contribution in [0.3, 0.4) is 0 Å². The van der Waals surface area contributed by atoms with Crippen LogP contribution >= 0.6 is 0 Å². The zero-order valence-corrected chi connectivity index (χ0v) is 19.8. The van der Waals surface area contributed by atoms with Crippen LogP contribution in [0.5, 0.6) is 0 Å². The summed E-state index contributed by atoms with van der Waals surface area (Å²) >= 11 is 0. The summed E-state index contributed by atoms with van der Waals surface area (Å²) in [7, 11) is 0. The molecule has 1 atom stereocenters. The van der Waals surface area contributed by atoms with Crippen LogP contribution in [0.25, 0.3) is 11.4 Å². The summed E-state index contributed by atoms with van der Waals surface area (Å²) in [5.74, 6) is 0.957. The van der Waals surface area contributed by atoms with Crippen molar-refractivity contribution in [1.29, 1.82) is 0 Å². The van der Waals surface area contributed by atoms with E-state index >= 15 is 0 Å². The first-order chi connectivity index (χ1) is 16.4. The molecule has 3 heterocycles. The molecule has 0 spiro atoms. The number of aryl methyl sites for hydroxylation is 3. The highest BCUT2D eigenvalue weighted by Gasteiger charge is 2.38. The molecule has 0 N–H and O–H groups in total. The number of piperazine rings is 1. The van der Waals surface area contributed by atoms with Gasteiger partial charge in [-0.1, -0.05) is 11.2 Å². The van der Waals surface area contributed by atoms with Crippen molar-refractivity contribution in [3.8, 4) is 11.4 Å². The van der Waals surface area contributed by atoms with Crippen LogP contribution in [0.2, 0.25) is 0 Å².